The molecule has 0 aromatic heterocycles. The average Bonchev–Trinajstić information content (AvgIpc) is 2.81. The zero-order valence-corrected chi connectivity index (χ0v) is 19.8. The number of likely N-dealkylation sites (tertiary alicyclic amines) is 1. The van der Waals surface area contributed by atoms with Crippen LogP contribution in [0.25, 0.3) is 0 Å². The number of carbonyl (C=O) groups is 2. The molecule has 4 atom stereocenters. The number of aliphatic carboxylic acids is 1. The molecule has 180 valence electrons. The van der Waals surface area contributed by atoms with Crippen LogP contribution >= 0.6 is 0 Å². The number of nitrogens with zero attached hydrogens (tertiary/aromatic N) is 1. The van der Waals surface area contributed by atoms with Crippen LogP contribution in [0.4, 0.5) is 0 Å². The number of carboxylic acid groups (broad SMARTS) is 1. The van der Waals surface area contributed by atoms with E-state index < -0.39 is 12.6 Å². The molecular weight excluding hydrogens is 434 g/mol. The Hall–Kier alpha value is -3.06. The van der Waals surface area contributed by atoms with Gasteiger partial charge in [0.2, 0.25) is 0 Å². The van der Waals surface area contributed by atoms with Gasteiger partial charge in [0.05, 0.1) is 12.2 Å². The van der Waals surface area contributed by atoms with Crippen molar-refractivity contribution in [2.75, 3.05) is 19.7 Å². The highest BCUT2D eigenvalue weighted by Crippen LogP contribution is 2.53. The molecular formula is C27H31NO6. The molecule has 5 rings (SSSR count). The van der Waals surface area contributed by atoms with E-state index in [0.717, 1.165) is 24.2 Å². The minimum Gasteiger partial charge on any atom is -0.487 e. The number of piperidine rings is 1. The van der Waals surface area contributed by atoms with Crippen molar-refractivity contribution in [1.82, 2.24) is 4.90 Å². The minimum absolute atomic E-state index is 0.00548. The van der Waals surface area contributed by atoms with Crippen LogP contribution in [0.1, 0.15) is 54.3 Å². The summed E-state index contributed by atoms with van der Waals surface area (Å²) in [6.07, 6.45) is 1.84. The zero-order chi connectivity index (χ0) is 24.0. The summed E-state index contributed by atoms with van der Waals surface area (Å²) < 4.78 is 18.4. The van der Waals surface area contributed by atoms with Crippen LogP contribution in [0.5, 0.6) is 11.5 Å². The van der Waals surface area contributed by atoms with Gasteiger partial charge in [-0.25, -0.2) is 4.79 Å². The number of amides is 1. The molecule has 2 aromatic carbocycles. The molecule has 3 aliphatic heterocycles. The number of fused-ring (bicyclic) bond motifs is 4. The number of rotatable bonds is 4. The summed E-state index contributed by atoms with van der Waals surface area (Å²) in [4.78, 5) is 25.9. The molecule has 0 saturated carbocycles. The third-order valence-corrected chi connectivity index (χ3v) is 7.38. The highest BCUT2D eigenvalue weighted by molar-refractivity contribution is 5.94. The fourth-order valence-electron chi connectivity index (χ4n) is 5.64. The second-order valence-corrected chi connectivity index (χ2v) is 10.2. The normalized spacial score (nSPS) is 27.0. The summed E-state index contributed by atoms with van der Waals surface area (Å²) in [5, 5.41) is 8.83. The van der Waals surface area contributed by atoms with Gasteiger partial charge in [-0.1, -0.05) is 18.2 Å². The topological polar surface area (TPSA) is 85.3 Å². The van der Waals surface area contributed by atoms with Crippen molar-refractivity contribution in [1.29, 1.82) is 0 Å². The van der Waals surface area contributed by atoms with E-state index in [1.165, 1.54) is 5.56 Å². The van der Waals surface area contributed by atoms with Gasteiger partial charge >= 0.3 is 5.97 Å². The lowest BCUT2D eigenvalue weighted by Gasteiger charge is -2.53. The van der Waals surface area contributed by atoms with Crippen LogP contribution in [0, 0.1) is 18.8 Å². The fourth-order valence-corrected chi connectivity index (χ4v) is 5.64. The van der Waals surface area contributed by atoms with Gasteiger partial charge in [0.1, 0.15) is 17.1 Å². The average molecular weight is 466 g/mol. The molecule has 1 N–H and O–H groups in total. The van der Waals surface area contributed by atoms with Gasteiger partial charge in [-0.2, -0.15) is 0 Å². The first-order valence-electron chi connectivity index (χ1n) is 11.9. The van der Waals surface area contributed by atoms with E-state index in [0.29, 0.717) is 24.4 Å². The quantitative estimate of drug-likeness (QED) is 0.727. The van der Waals surface area contributed by atoms with E-state index in [9.17, 15) is 9.59 Å². The highest BCUT2D eigenvalue weighted by Gasteiger charge is 2.51. The number of benzene rings is 2. The van der Waals surface area contributed by atoms with Gasteiger partial charge in [0.15, 0.2) is 6.61 Å². The molecule has 7 heteroatoms. The monoisotopic (exact) mass is 465 g/mol. The largest absolute Gasteiger partial charge is 0.487 e. The van der Waals surface area contributed by atoms with Crippen molar-refractivity contribution < 1.29 is 28.9 Å². The Labute approximate surface area is 199 Å². The van der Waals surface area contributed by atoms with Gasteiger partial charge in [0.25, 0.3) is 5.91 Å². The van der Waals surface area contributed by atoms with E-state index in [2.05, 4.69) is 39.0 Å². The lowest BCUT2D eigenvalue weighted by Crippen LogP contribution is -2.56. The molecule has 1 amide bonds. The third-order valence-electron chi connectivity index (χ3n) is 7.38. The second kappa shape index (κ2) is 8.62. The van der Waals surface area contributed by atoms with Crippen LogP contribution in [0.2, 0.25) is 0 Å². The molecule has 0 aliphatic carbocycles. The van der Waals surface area contributed by atoms with E-state index in [1.54, 1.807) is 24.3 Å². The second-order valence-electron chi connectivity index (χ2n) is 10.2. The molecule has 34 heavy (non-hydrogen) atoms. The SMILES string of the molecule is Cc1ccc2c(c1)OC(C)(C)[C@H]1C[C@@H]3CN(C(=O)c4cccc(OCC(=O)O)c4)CC[C@@H]3O[C@H]21. The van der Waals surface area contributed by atoms with E-state index >= 15 is 0 Å². The number of hydrogen-bond donors (Lipinski definition) is 1. The Kier molecular flexibility index (Phi) is 5.76. The predicted octanol–water partition coefficient (Wildman–Crippen LogP) is 4.24. The summed E-state index contributed by atoms with van der Waals surface area (Å²) in [5.74, 6) is 0.611. The molecule has 3 aliphatic rings. The van der Waals surface area contributed by atoms with Crippen LogP contribution < -0.4 is 9.47 Å². The van der Waals surface area contributed by atoms with E-state index in [1.807, 2.05) is 4.90 Å². The summed E-state index contributed by atoms with van der Waals surface area (Å²) in [6, 6.07) is 13.1. The number of carbonyl (C=O) groups excluding carboxylic acids is 1. The van der Waals surface area contributed by atoms with E-state index in [-0.39, 0.29) is 35.6 Å². The Morgan fingerprint density at radius 3 is 2.82 bits per heavy atom. The van der Waals surface area contributed by atoms with Crippen LogP contribution in [-0.4, -0.2) is 53.3 Å². The van der Waals surface area contributed by atoms with Gasteiger partial charge in [0, 0.05) is 36.1 Å². The summed E-state index contributed by atoms with van der Waals surface area (Å²) in [6.45, 7) is 7.15. The van der Waals surface area contributed by atoms with Crippen LogP contribution in [0.15, 0.2) is 42.5 Å². The first-order chi connectivity index (χ1) is 16.2. The summed E-state index contributed by atoms with van der Waals surface area (Å²) in [7, 11) is 0. The van der Waals surface area contributed by atoms with Crippen molar-refractivity contribution >= 4 is 11.9 Å². The maximum absolute atomic E-state index is 13.3. The number of hydrogen-bond acceptors (Lipinski definition) is 5. The summed E-state index contributed by atoms with van der Waals surface area (Å²) >= 11 is 0. The maximum Gasteiger partial charge on any atom is 0.341 e. The lowest BCUT2D eigenvalue weighted by atomic mass is 9.70. The van der Waals surface area contributed by atoms with Crippen molar-refractivity contribution in [3.8, 4) is 11.5 Å². The first kappa shape index (κ1) is 22.7. The van der Waals surface area contributed by atoms with Crippen molar-refractivity contribution in [3.05, 3.63) is 59.2 Å². The lowest BCUT2D eigenvalue weighted by molar-refractivity contribution is -0.184. The van der Waals surface area contributed by atoms with Crippen LogP contribution in [0.3, 0.4) is 0 Å². The van der Waals surface area contributed by atoms with Gasteiger partial charge in [-0.05, 0) is 63.4 Å². The first-order valence-corrected chi connectivity index (χ1v) is 11.9. The Bertz CT molecular complexity index is 1110. The highest BCUT2D eigenvalue weighted by atomic mass is 16.5. The van der Waals surface area contributed by atoms with E-state index in [4.69, 9.17) is 19.3 Å². The van der Waals surface area contributed by atoms with Crippen molar-refractivity contribution in [2.24, 2.45) is 11.8 Å². The molecule has 0 unspecified atom stereocenters. The molecule has 7 nitrogen and oxygen atoms in total. The zero-order valence-electron chi connectivity index (χ0n) is 19.8. The van der Waals surface area contributed by atoms with Crippen LogP contribution in [-0.2, 0) is 9.53 Å². The van der Waals surface area contributed by atoms with Gasteiger partial charge in [-0.15, -0.1) is 0 Å². The standard InChI is InChI=1S/C27H31NO6/c1-16-7-8-20-23(11-16)34-27(2,3)21-13-18-14-28(10-9-22(18)33-25(20)21)26(31)17-5-4-6-19(12-17)32-15-24(29)30/h4-8,11-12,18,21-22,25H,9-10,13-15H2,1-3H3,(H,29,30)/t18-,21+,22+,25-/m1/s1. The fraction of sp³-hybridized carbons (Fsp3) is 0.481. The van der Waals surface area contributed by atoms with Gasteiger partial charge < -0.3 is 24.2 Å². The van der Waals surface area contributed by atoms with Gasteiger partial charge in [-0.3, -0.25) is 4.79 Å². The molecule has 2 saturated heterocycles. The molecule has 2 aromatic rings. The molecule has 3 heterocycles. The van der Waals surface area contributed by atoms with Crippen molar-refractivity contribution in [2.45, 2.75) is 51.4 Å². The Balaban J connectivity index is 1.31. The molecule has 0 radical (unpaired) electrons. The smallest absolute Gasteiger partial charge is 0.341 e. The van der Waals surface area contributed by atoms with Crippen molar-refractivity contribution in [3.63, 3.8) is 0 Å². The number of carboxylic acids is 1. The molecule has 2 fully saturated rings. The number of aryl methyl sites for hydroxylation is 1. The maximum atomic E-state index is 13.3. The Morgan fingerprint density at radius 1 is 1.21 bits per heavy atom. The number of ether oxygens (including phenoxy) is 3. The summed E-state index contributed by atoms with van der Waals surface area (Å²) in [5.41, 5.74) is 2.44. The Morgan fingerprint density at radius 2 is 2.03 bits per heavy atom. The molecule has 0 bridgehead atoms. The molecule has 0 spiro atoms. The minimum atomic E-state index is -1.05. The third kappa shape index (κ3) is 4.25. The predicted molar refractivity (Wildman–Crippen MR) is 125 cm³/mol.